The van der Waals surface area contributed by atoms with Crippen molar-refractivity contribution in [3.8, 4) is 11.5 Å². The molecule has 5 rings (SSSR count). The number of hydrazone groups is 1. The van der Waals surface area contributed by atoms with E-state index in [1.165, 1.54) is 5.56 Å². The third kappa shape index (κ3) is 4.55. The zero-order valence-corrected chi connectivity index (χ0v) is 18.9. The molecule has 1 N–H and O–H groups in total. The zero-order valence-electron chi connectivity index (χ0n) is 18.9. The molecule has 5 heteroatoms. The highest BCUT2D eigenvalue weighted by molar-refractivity contribution is 6.04. The van der Waals surface area contributed by atoms with Crippen LogP contribution in [0.5, 0.6) is 11.5 Å². The normalized spacial score (nSPS) is 15.5. The van der Waals surface area contributed by atoms with Crippen LogP contribution >= 0.6 is 0 Å². The SMILES string of the molecule is COc1ccc(O)c(C=Nc2cccc(C3=NN(c4ccccc4)C(c4ccccc4)C3)c2)c1. The van der Waals surface area contributed by atoms with E-state index in [0.717, 1.165) is 29.1 Å². The van der Waals surface area contributed by atoms with Gasteiger partial charge >= 0.3 is 0 Å². The molecule has 1 atom stereocenters. The Morgan fingerprint density at radius 2 is 1.68 bits per heavy atom. The lowest BCUT2D eigenvalue weighted by Gasteiger charge is -2.23. The van der Waals surface area contributed by atoms with E-state index in [1.807, 2.05) is 42.5 Å². The lowest BCUT2D eigenvalue weighted by molar-refractivity contribution is 0.412. The van der Waals surface area contributed by atoms with Crippen molar-refractivity contribution in [2.45, 2.75) is 12.5 Å². The van der Waals surface area contributed by atoms with Crippen LogP contribution in [0.3, 0.4) is 0 Å². The molecule has 0 fully saturated rings. The fraction of sp³-hybridized carbons (Fsp3) is 0.103. The Morgan fingerprint density at radius 1 is 0.912 bits per heavy atom. The van der Waals surface area contributed by atoms with Gasteiger partial charge in [-0.1, -0.05) is 60.7 Å². The lowest BCUT2D eigenvalue weighted by atomic mass is 9.98. The number of phenols is 1. The summed E-state index contributed by atoms with van der Waals surface area (Å²) in [6.07, 6.45) is 2.44. The quantitative estimate of drug-likeness (QED) is 0.343. The number of anilines is 1. The molecule has 4 aromatic carbocycles. The summed E-state index contributed by atoms with van der Waals surface area (Å²) in [6, 6.07) is 34.0. The molecule has 0 saturated heterocycles. The van der Waals surface area contributed by atoms with Crippen molar-refractivity contribution in [3.63, 3.8) is 0 Å². The van der Waals surface area contributed by atoms with Gasteiger partial charge in [-0.05, 0) is 53.6 Å². The van der Waals surface area contributed by atoms with Gasteiger partial charge in [-0.25, -0.2) is 0 Å². The number of para-hydroxylation sites is 1. The van der Waals surface area contributed by atoms with Crippen LogP contribution in [-0.2, 0) is 0 Å². The van der Waals surface area contributed by atoms with Crippen LogP contribution in [0.2, 0.25) is 0 Å². The number of hydrogen-bond donors (Lipinski definition) is 1. The van der Waals surface area contributed by atoms with E-state index in [2.05, 4.69) is 52.5 Å². The van der Waals surface area contributed by atoms with Crippen LogP contribution in [0.1, 0.15) is 29.2 Å². The summed E-state index contributed by atoms with van der Waals surface area (Å²) in [5, 5.41) is 17.3. The number of phenolic OH excluding ortho intramolecular Hbond substituents is 1. The maximum absolute atomic E-state index is 10.1. The predicted octanol–water partition coefficient (Wildman–Crippen LogP) is 6.51. The van der Waals surface area contributed by atoms with Gasteiger partial charge in [-0.3, -0.25) is 10.0 Å². The van der Waals surface area contributed by atoms with Gasteiger partial charge in [0, 0.05) is 18.2 Å². The standard InChI is InChI=1S/C29H25N3O2/c1-34-26-15-16-29(33)23(18-26)20-30-24-12-8-11-22(17-24)27-19-28(21-9-4-2-5-10-21)32(31-27)25-13-6-3-7-14-25/h2-18,20,28,33H,19H2,1H3. The summed E-state index contributed by atoms with van der Waals surface area (Å²) >= 11 is 0. The van der Waals surface area contributed by atoms with Crippen molar-refractivity contribution in [1.29, 1.82) is 0 Å². The van der Waals surface area contributed by atoms with E-state index in [-0.39, 0.29) is 11.8 Å². The second-order valence-electron chi connectivity index (χ2n) is 8.09. The fourth-order valence-corrected chi connectivity index (χ4v) is 4.11. The third-order valence-electron chi connectivity index (χ3n) is 5.88. The molecule has 5 nitrogen and oxygen atoms in total. The summed E-state index contributed by atoms with van der Waals surface area (Å²) in [4.78, 5) is 4.59. The Balaban J connectivity index is 1.45. The number of ether oxygens (including phenoxy) is 1. The van der Waals surface area contributed by atoms with Crippen LogP contribution in [0, 0.1) is 0 Å². The smallest absolute Gasteiger partial charge is 0.124 e. The summed E-state index contributed by atoms with van der Waals surface area (Å²) in [5.41, 5.74) is 5.73. The number of hydrogen-bond acceptors (Lipinski definition) is 5. The van der Waals surface area contributed by atoms with E-state index >= 15 is 0 Å². The van der Waals surface area contributed by atoms with Gasteiger partial charge in [-0.2, -0.15) is 5.10 Å². The molecule has 0 amide bonds. The second kappa shape index (κ2) is 9.63. The number of aliphatic imine (C=N–C) groups is 1. The Bertz CT molecular complexity index is 1330. The van der Waals surface area contributed by atoms with Gasteiger partial charge < -0.3 is 9.84 Å². The van der Waals surface area contributed by atoms with Gasteiger partial charge in [0.15, 0.2) is 0 Å². The molecule has 0 radical (unpaired) electrons. The van der Waals surface area contributed by atoms with Crippen molar-refractivity contribution < 1.29 is 9.84 Å². The van der Waals surface area contributed by atoms with Crippen molar-refractivity contribution in [3.05, 3.63) is 120 Å². The summed E-state index contributed by atoms with van der Waals surface area (Å²) in [5.74, 6) is 0.825. The first-order valence-corrected chi connectivity index (χ1v) is 11.2. The minimum Gasteiger partial charge on any atom is -0.507 e. The van der Waals surface area contributed by atoms with Crippen LogP contribution < -0.4 is 9.75 Å². The molecular formula is C29H25N3O2. The predicted molar refractivity (Wildman–Crippen MR) is 138 cm³/mol. The van der Waals surface area contributed by atoms with Crippen LogP contribution in [0.4, 0.5) is 11.4 Å². The van der Waals surface area contributed by atoms with E-state index in [0.29, 0.717) is 11.3 Å². The molecule has 0 bridgehead atoms. The van der Waals surface area contributed by atoms with Crippen molar-refractivity contribution in [2.24, 2.45) is 10.1 Å². The molecule has 1 unspecified atom stereocenters. The van der Waals surface area contributed by atoms with Gasteiger partial charge in [0.2, 0.25) is 0 Å². The third-order valence-corrected chi connectivity index (χ3v) is 5.88. The highest BCUT2D eigenvalue weighted by Crippen LogP contribution is 2.37. The van der Waals surface area contributed by atoms with Crippen LogP contribution in [0.15, 0.2) is 113 Å². The van der Waals surface area contributed by atoms with Crippen molar-refractivity contribution in [2.75, 3.05) is 12.1 Å². The summed E-state index contributed by atoms with van der Waals surface area (Å²) in [6.45, 7) is 0. The molecule has 1 aliphatic heterocycles. The molecule has 0 aliphatic carbocycles. The minimum absolute atomic E-state index is 0.125. The summed E-state index contributed by atoms with van der Waals surface area (Å²) < 4.78 is 5.25. The van der Waals surface area contributed by atoms with Gasteiger partial charge in [0.05, 0.1) is 30.2 Å². The van der Waals surface area contributed by atoms with E-state index in [9.17, 15) is 5.11 Å². The highest BCUT2D eigenvalue weighted by Gasteiger charge is 2.29. The number of rotatable bonds is 6. The summed E-state index contributed by atoms with van der Waals surface area (Å²) in [7, 11) is 1.60. The molecule has 4 aromatic rings. The number of benzene rings is 4. The van der Waals surface area contributed by atoms with Crippen molar-refractivity contribution >= 4 is 23.3 Å². The van der Waals surface area contributed by atoms with Crippen LogP contribution in [0.25, 0.3) is 0 Å². The van der Waals surface area contributed by atoms with E-state index in [1.54, 1.807) is 31.5 Å². The molecule has 0 saturated carbocycles. The maximum atomic E-state index is 10.1. The molecule has 1 heterocycles. The first kappa shape index (κ1) is 21.5. The molecule has 168 valence electrons. The minimum atomic E-state index is 0.125. The average Bonchev–Trinajstić information content (AvgIpc) is 3.35. The monoisotopic (exact) mass is 447 g/mol. The van der Waals surface area contributed by atoms with Crippen LogP contribution in [-0.4, -0.2) is 24.1 Å². The fourth-order valence-electron chi connectivity index (χ4n) is 4.11. The number of methoxy groups -OCH3 is 1. The zero-order chi connectivity index (χ0) is 23.3. The van der Waals surface area contributed by atoms with E-state index < -0.39 is 0 Å². The first-order chi connectivity index (χ1) is 16.7. The Morgan fingerprint density at radius 3 is 2.44 bits per heavy atom. The van der Waals surface area contributed by atoms with Gasteiger partial charge in [0.25, 0.3) is 0 Å². The molecule has 0 aromatic heterocycles. The van der Waals surface area contributed by atoms with Gasteiger partial charge in [-0.15, -0.1) is 0 Å². The van der Waals surface area contributed by atoms with E-state index in [4.69, 9.17) is 9.84 Å². The Kier molecular flexibility index (Phi) is 6.08. The Labute approximate surface area is 199 Å². The first-order valence-electron chi connectivity index (χ1n) is 11.2. The number of aromatic hydroxyl groups is 1. The highest BCUT2D eigenvalue weighted by atomic mass is 16.5. The molecular weight excluding hydrogens is 422 g/mol. The molecule has 34 heavy (non-hydrogen) atoms. The topological polar surface area (TPSA) is 57.4 Å². The van der Waals surface area contributed by atoms with Gasteiger partial charge in [0.1, 0.15) is 11.5 Å². The maximum Gasteiger partial charge on any atom is 0.124 e. The average molecular weight is 448 g/mol. The molecule has 0 spiro atoms. The second-order valence-corrected chi connectivity index (χ2v) is 8.09. The number of nitrogens with zero attached hydrogens (tertiary/aromatic N) is 3. The van der Waals surface area contributed by atoms with Crippen molar-refractivity contribution in [1.82, 2.24) is 0 Å². The Hall–Kier alpha value is -4.38. The lowest BCUT2D eigenvalue weighted by Crippen LogP contribution is -2.18. The molecule has 1 aliphatic rings. The largest absolute Gasteiger partial charge is 0.507 e.